The molecule has 5 rings (SSSR count). The average molecular weight is 327 g/mol. The van der Waals surface area contributed by atoms with E-state index in [0.717, 1.165) is 32.6 Å². The van der Waals surface area contributed by atoms with Crippen LogP contribution in [0.15, 0.2) is 60.8 Å². The lowest BCUT2D eigenvalue weighted by Crippen LogP contribution is -2.43. The molecule has 1 aliphatic carbocycles. The first-order valence-corrected chi connectivity index (χ1v) is 9.02. The summed E-state index contributed by atoms with van der Waals surface area (Å²) < 4.78 is 0. The highest BCUT2D eigenvalue weighted by molar-refractivity contribution is 5.89. The van der Waals surface area contributed by atoms with E-state index in [4.69, 9.17) is 0 Å². The Morgan fingerprint density at radius 1 is 0.880 bits per heavy atom. The van der Waals surface area contributed by atoms with E-state index >= 15 is 0 Å². The zero-order chi connectivity index (χ0) is 16.6. The molecule has 0 unspecified atom stereocenters. The number of aromatic nitrogens is 1. The quantitative estimate of drug-likeness (QED) is 0.608. The fourth-order valence-corrected chi connectivity index (χ4v) is 4.07. The minimum absolute atomic E-state index is 0.941. The van der Waals surface area contributed by atoms with Crippen molar-refractivity contribution in [2.24, 2.45) is 0 Å². The van der Waals surface area contributed by atoms with Crippen molar-refractivity contribution in [1.82, 2.24) is 10.3 Å². The lowest BCUT2D eigenvalue weighted by Gasteiger charge is -2.29. The Balaban J connectivity index is 1.61. The molecular weight excluding hydrogens is 306 g/mol. The summed E-state index contributed by atoms with van der Waals surface area (Å²) in [5.41, 5.74) is 9.14. The third kappa shape index (κ3) is 2.52. The van der Waals surface area contributed by atoms with Gasteiger partial charge < -0.3 is 10.2 Å². The van der Waals surface area contributed by atoms with Gasteiger partial charge in [0.15, 0.2) is 0 Å². The van der Waals surface area contributed by atoms with Crippen molar-refractivity contribution >= 4 is 5.69 Å². The molecule has 2 aliphatic rings. The Bertz CT molecular complexity index is 926. The van der Waals surface area contributed by atoms with Crippen molar-refractivity contribution in [2.45, 2.75) is 6.42 Å². The van der Waals surface area contributed by atoms with Gasteiger partial charge in [-0.2, -0.15) is 0 Å². The molecule has 3 nitrogen and oxygen atoms in total. The Morgan fingerprint density at radius 3 is 2.68 bits per heavy atom. The van der Waals surface area contributed by atoms with Gasteiger partial charge in [0.2, 0.25) is 0 Å². The molecule has 1 aromatic heterocycles. The first kappa shape index (κ1) is 14.7. The third-order valence-corrected chi connectivity index (χ3v) is 5.31. The number of anilines is 1. The van der Waals surface area contributed by atoms with E-state index in [-0.39, 0.29) is 0 Å². The Morgan fingerprint density at radius 2 is 1.76 bits per heavy atom. The molecule has 0 radical (unpaired) electrons. The molecule has 1 N–H and O–H groups in total. The van der Waals surface area contributed by atoms with Gasteiger partial charge in [-0.15, -0.1) is 0 Å². The monoisotopic (exact) mass is 327 g/mol. The van der Waals surface area contributed by atoms with Gasteiger partial charge in [0, 0.05) is 50.0 Å². The predicted molar refractivity (Wildman–Crippen MR) is 103 cm³/mol. The van der Waals surface area contributed by atoms with Crippen molar-refractivity contribution < 1.29 is 0 Å². The highest BCUT2D eigenvalue weighted by atomic mass is 15.2. The number of benzene rings is 2. The molecule has 1 aliphatic heterocycles. The maximum atomic E-state index is 4.65. The van der Waals surface area contributed by atoms with E-state index in [9.17, 15) is 0 Å². The standard InChI is InChI=1S/C22H21N3/c1-2-7-19-17(4-1)15-21-22(19)20(8-9-24-21)16-5-3-6-18(14-16)25-12-10-23-11-13-25/h1-9,14,23H,10-13,15H2. The van der Waals surface area contributed by atoms with Crippen LogP contribution in [0.2, 0.25) is 0 Å². The highest BCUT2D eigenvalue weighted by Gasteiger charge is 2.23. The van der Waals surface area contributed by atoms with E-state index in [1.165, 1.54) is 39.2 Å². The normalized spacial score (nSPS) is 15.8. The van der Waals surface area contributed by atoms with Gasteiger partial charge in [0.25, 0.3) is 0 Å². The Hall–Kier alpha value is -2.65. The van der Waals surface area contributed by atoms with Crippen LogP contribution in [0.3, 0.4) is 0 Å². The Kier molecular flexibility index (Phi) is 3.53. The minimum Gasteiger partial charge on any atom is -0.369 e. The molecule has 0 amide bonds. The second kappa shape index (κ2) is 6.01. The molecule has 1 saturated heterocycles. The first-order valence-electron chi connectivity index (χ1n) is 9.02. The molecule has 2 aromatic carbocycles. The summed E-state index contributed by atoms with van der Waals surface area (Å²) in [7, 11) is 0. The molecule has 2 heterocycles. The fraction of sp³-hybridized carbons (Fsp3) is 0.227. The predicted octanol–water partition coefficient (Wildman–Crippen LogP) is 3.73. The number of rotatable bonds is 2. The molecular formula is C22H21N3. The molecule has 1 fully saturated rings. The minimum atomic E-state index is 0.941. The summed E-state index contributed by atoms with van der Waals surface area (Å²) in [5, 5.41) is 3.43. The van der Waals surface area contributed by atoms with Crippen LogP contribution in [0, 0.1) is 0 Å². The van der Waals surface area contributed by atoms with Crippen molar-refractivity contribution in [1.29, 1.82) is 0 Å². The maximum Gasteiger partial charge on any atom is 0.0532 e. The molecule has 0 saturated carbocycles. The number of fused-ring (bicyclic) bond motifs is 3. The SMILES string of the molecule is c1cc(-c2ccnc3c2-c2ccccc2C3)cc(N2CCNCC2)c1. The third-order valence-electron chi connectivity index (χ3n) is 5.31. The van der Waals surface area contributed by atoms with E-state index in [0.29, 0.717) is 0 Å². The van der Waals surface area contributed by atoms with Crippen molar-refractivity contribution in [3.63, 3.8) is 0 Å². The summed E-state index contributed by atoms with van der Waals surface area (Å²) in [4.78, 5) is 7.12. The van der Waals surface area contributed by atoms with Gasteiger partial charge in [-0.1, -0.05) is 36.4 Å². The summed E-state index contributed by atoms with van der Waals surface area (Å²) in [6.45, 7) is 4.26. The molecule has 25 heavy (non-hydrogen) atoms. The van der Waals surface area contributed by atoms with Crippen LogP contribution in [0.4, 0.5) is 5.69 Å². The van der Waals surface area contributed by atoms with Crippen LogP contribution in [0.25, 0.3) is 22.3 Å². The largest absolute Gasteiger partial charge is 0.369 e. The number of pyridine rings is 1. The summed E-state index contributed by atoms with van der Waals surface area (Å²) in [5.74, 6) is 0. The van der Waals surface area contributed by atoms with Gasteiger partial charge in [-0.25, -0.2) is 0 Å². The summed E-state index contributed by atoms with van der Waals surface area (Å²) in [6.07, 6.45) is 2.90. The molecule has 0 spiro atoms. The van der Waals surface area contributed by atoms with E-state index in [2.05, 4.69) is 69.8 Å². The topological polar surface area (TPSA) is 28.2 Å². The van der Waals surface area contributed by atoms with Gasteiger partial charge in [-0.05, 0) is 40.5 Å². The summed E-state index contributed by atoms with van der Waals surface area (Å²) >= 11 is 0. The van der Waals surface area contributed by atoms with Crippen LogP contribution >= 0.6 is 0 Å². The molecule has 0 atom stereocenters. The van der Waals surface area contributed by atoms with Gasteiger partial charge in [-0.3, -0.25) is 4.98 Å². The van der Waals surface area contributed by atoms with Crippen molar-refractivity contribution in [3.05, 3.63) is 72.1 Å². The number of nitrogens with zero attached hydrogens (tertiary/aromatic N) is 2. The number of nitrogens with one attached hydrogen (secondary N) is 1. The first-order chi connectivity index (χ1) is 12.4. The average Bonchev–Trinajstić information content (AvgIpc) is 3.07. The van der Waals surface area contributed by atoms with Gasteiger partial charge in [0.1, 0.15) is 0 Å². The van der Waals surface area contributed by atoms with E-state index in [1.54, 1.807) is 0 Å². The molecule has 3 aromatic rings. The van der Waals surface area contributed by atoms with Crippen molar-refractivity contribution in [2.75, 3.05) is 31.1 Å². The van der Waals surface area contributed by atoms with Crippen LogP contribution in [0.5, 0.6) is 0 Å². The fourth-order valence-electron chi connectivity index (χ4n) is 4.07. The summed E-state index contributed by atoms with van der Waals surface area (Å²) in [6, 6.07) is 19.8. The zero-order valence-electron chi connectivity index (χ0n) is 14.2. The lowest BCUT2D eigenvalue weighted by atomic mass is 9.96. The molecule has 124 valence electrons. The Labute approximate surface area is 148 Å². The van der Waals surface area contributed by atoms with Crippen LogP contribution < -0.4 is 10.2 Å². The lowest BCUT2D eigenvalue weighted by molar-refractivity contribution is 0.589. The van der Waals surface area contributed by atoms with Gasteiger partial charge >= 0.3 is 0 Å². The number of hydrogen-bond donors (Lipinski definition) is 1. The van der Waals surface area contributed by atoms with Crippen LogP contribution in [0.1, 0.15) is 11.3 Å². The van der Waals surface area contributed by atoms with Gasteiger partial charge in [0.05, 0.1) is 5.69 Å². The van der Waals surface area contributed by atoms with E-state index < -0.39 is 0 Å². The van der Waals surface area contributed by atoms with E-state index in [1.807, 2.05) is 6.20 Å². The zero-order valence-corrected chi connectivity index (χ0v) is 14.2. The number of hydrogen-bond acceptors (Lipinski definition) is 3. The smallest absolute Gasteiger partial charge is 0.0532 e. The maximum absolute atomic E-state index is 4.65. The van der Waals surface area contributed by atoms with Crippen molar-refractivity contribution in [3.8, 4) is 22.3 Å². The van der Waals surface area contributed by atoms with Crippen LogP contribution in [-0.4, -0.2) is 31.2 Å². The number of piperazine rings is 1. The second-order valence-electron chi connectivity index (χ2n) is 6.80. The second-order valence-corrected chi connectivity index (χ2v) is 6.80. The van der Waals surface area contributed by atoms with Crippen LogP contribution in [-0.2, 0) is 6.42 Å². The molecule has 0 bridgehead atoms. The highest BCUT2D eigenvalue weighted by Crippen LogP contribution is 2.42. The molecule has 3 heteroatoms.